The molecule has 12 heteroatoms. The van der Waals surface area contributed by atoms with Crippen LogP contribution < -0.4 is 15.4 Å². The lowest BCUT2D eigenvalue weighted by Gasteiger charge is -2.34. The van der Waals surface area contributed by atoms with Crippen molar-refractivity contribution in [2.75, 3.05) is 13.1 Å². The Hall–Kier alpha value is -3.08. The molecule has 0 spiro atoms. The number of amides is 3. The zero-order valence-electron chi connectivity index (χ0n) is 16.0. The monoisotopic (exact) mass is 460 g/mol. The Labute approximate surface area is 179 Å². The molecule has 2 aromatic rings. The van der Waals surface area contributed by atoms with Crippen LogP contribution in [0.15, 0.2) is 30.5 Å². The second kappa shape index (κ2) is 9.38. The molecule has 2 N–H and O–H groups in total. The Morgan fingerprint density at radius 1 is 1.32 bits per heavy atom. The van der Waals surface area contributed by atoms with Crippen molar-refractivity contribution in [1.29, 1.82) is 0 Å². The van der Waals surface area contributed by atoms with Gasteiger partial charge in [0.1, 0.15) is 22.7 Å². The maximum absolute atomic E-state index is 14.7. The molecule has 0 radical (unpaired) electrons. The summed E-state index contributed by atoms with van der Waals surface area (Å²) >= 11 is 5.68. The summed E-state index contributed by atoms with van der Waals surface area (Å²) in [5.41, 5.74) is 0.00356. The van der Waals surface area contributed by atoms with Crippen LogP contribution in [0.5, 0.6) is 5.88 Å². The minimum absolute atomic E-state index is 0.182. The van der Waals surface area contributed by atoms with E-state index >= 15 is 0 Å². The van der Waals surface area contributed by atoms with Crippen LogP contribution >= 0.6 is 11.6 Å². The Morgan fingerprint density at radius 2 is 2.06 bits per heavy atom. The molecule has 2 heterocycles. The van der Waals surface area contributed by atoms with Crippen molar-refractivity contribution >= 4 is 23.5 Å². The first kappa shape index (κ1) is 22.6. The van der Waals surface area contributed by atoms with E-state index < -0.39 is 41.4 Å². The molecule has 1 aromatic carbocycles. The molecule has 3 amide bonds. The zero-order chi connectivity index (χ0) is 22.7. The maximum atomic E-state index is 14.7. The van der Waals surface area contributed by atoms with Crippen molar-refractivity contribution in [3.05, 3.63) is 58.2 Å². The molecule has 1 aliphatic rings. The van der Waals surface area contributed by atoms with Gasteiger partial charge in [-0.2, -0.15) is 8.78 Å². The maximum Gasteiger partial charge on any atom is 0.388 e. The summed E-state index contributed by atoms with van der Waals surface area (Å²) in [7, 11) is 0. The van der Waals surface area contributed by atoms with E-state index in [2.05, 4.69) is 20.4 Å². The number of ether oxygens (including phenoxy) is 1. The number of hydrogen-bond donors (Lipinski definition) is 2. The molecule has 1 aliphatic heterocycles. The van der Waals surface area contributed by atoms with Crippen LogP contribution in [0.3, 0.4) is 0 Å². The molecule has 3 rings (SSSR count). The highest BCUT2D eigenvalue weighted by atomic mass is 35.5. The average Bonchev–Trinajstić information content (AvgIpc) is 2.73. The van der Waals surface area contributed by atoms with E-state index in [0.29, 0.717) is 0 Å². The van der Waals surface area contributed by atoms with Gasteiger partial charge in [-0.1, -0.05) is 17.7 Å². The van der Waals surface area contributed by atoms with Gasteiger partial charge in [-0.25, -0.2) is 18.6 Å². The zero-order valence-corrected chi connectivity index (χ0v) is 16.8. The largest absolute Gasteiger partial charge is 0.417 e. The molecular weight excluding hydrogens is 444 g/mol. The minimum Gasteiger partial charge on any atom is -0.417 e. The standard InChI is InChI=1S/C19H17ClF4N4O3/c1-9-17(29)25-6-7-28(9)19(30)27-16(11-3-4-12(21)14(20)15(11)22)10-2-5-13(26-8-10)31-18(23)24/h2-5,8-9,16,18H,6-7H2,1H3,(H,25,29)(H,27,30)/t9-,16-/m1/s1. The van der Waals surface area contributed by atoms with Gasteiger partial charge >= 0.3 is 12.6 Å². The topological polar surface area (TPSA) is 83.6 Å². The highest BCUT2D eigenvalue weighted by molar-refractivity contribution is 6.31. The van der Waals surface area contributed by atoms with Crippen LogP contribution in [-0.2, 0) is 4.79 Å². The molecule has 1 aromatic heterocycles. The van der Waals surface area contributed by atoms with Crippen LogP contribution in [0.1, 0.15) is 24.1 Å². The Balaban J connectivity index is 1.96. The molecule has 1 saturated heterocycles. The molecule has 0 unspecified atom stereocenters. The van der Waals surface area contributed by atoms with Gasteiger partial charge in [0.05, 0.1) is 6.04 Å². The fourth-order valence-corrected chi connectivity index (χ4v) is 3.27. The SMILES string of the molecule is C[C@@H]1C(=O)NCCN1C(=O)N[C@H](c1ccc(OC(F)F)nc1)c1ccc(F)c(Cl)c1F. The number of aromatic nitrogens is 1. The number of hydrogen-bond acceptors (Lipinski definition) is 4. The lowest BCUT2D eigenvalue weighted by atomic mass is 9.99. The van der Waals surface area contributed by atoms with E-state index in [-0.39, 0.29) is 36.0 Å². The van der Waals surface area contributed by atoms with E-state index in [1.807, 2.05) is 0 Å². The number of nitrogens with zero attached hydrogens (tertiary/aromatic N) is 2. The molecule has 0 saturated carbocycles. The predicted molar refractivity (Wildman–Crippen MR) is 102 cm³/mol. The fraction of sp³-hybridized carbons (Fsp3) is 0.316. The first-order valence-corrected chi connectivity index (χ1v) is 9.45. The number of piperazine rings is 1. The second-order valence-electron chi connectivity index (χ2n) is 6.62. The van der Waals surface area contributed by atoms with Crippen molar-refractivity contribution in [3.8, 4) is 5.88 Å². The van der Waals surface area contributed by atoms with E-state index in [1.165, 1.54) is 17.9 Å². The second-order valence-corrected chi connectivity index (χ2v) is 6.99. The molecular formula is C19H17ClF4N4O3. The first-order valence-electron chi connectivity index (χ1n) is 9.08. The Morgan fingerprint density at radius 3 is 2.71 bits per heavy atom. The first-order chi connectivity index (χ1) is 14.7. The quantitative estimate of drug-likeness (QED) is 0.530. The molecule has 31 heavy (non-hydrogen) atoms. The predicted octanol–water partition coefficient (Wildman–Crippen LogP) is 3.23. The summed E-state index contributed by atoms with van der Waals surface area (Å²) in [6.07, 6.45) is 1.10. The van der Waals surface area contributed by atoms with Gasteiger partial charge in [-0.15, -0.1) is 0 Å². The van der Waals surface area contributed by atoms with E-state index in [4.69, 9.17) is 11.6 Å². The summed E-state index contributed by atoms with van der Waals surface area (Å²) < 4.78 is 57.3. The summed E-state index contributed by atoms with van der Waals surface area (Å²) in [5, 5.41) is 4.42. The van der Waals surface area contributed by atoms with E-state index in [1.54, 1.807) is 0 Å². The van der Waals surface area contributed by atoms with Gasteiger partial charge in [0, 0.05) is 30.9 Å². The summed E-state index contributed by atoms with van der Waals surface area (Å²) in [4.78, 5) is 29.7. The van der Waals surface area contributed by atoms with E-state index in [0.717, 1.165) is 24.4 Å². The van der Waals surface area contributed by atoms with Gasteiger partial charge in [0.25, 0.3) is 0 Å². The number of alkyl halides is 2. The number of halogens is 5. The third-order valence-electron chi connectivity index (χ3n) is 4.71. The van der Waals surface area contributed by atoms with Gasteiger partial charge in [0.2, 0.25) is 11.8 Å². The molecule has 166 valence electrons. The van der Waals surface area contributed by atoms with Crippen molar-refractivity contribution in [3.63, 3.8) is 0 Å². The van der Waals surface area contributed by atoms with Gasteiger partial charge in [-0.05, 0) is 24.6 Å². The fourth-order valence-electron chi connectivity index (χ4n) is 3.09. The van der Waals surface area contributed by atoms with Crippen LogP contribution in [0, 0.1) is 11.6 Å². The number of carbonyl (C=O) groups excluding carboxylic acids is 2. The molecule has 1 fully saturated rings. The van der Waals surface area contributed by atoms with Crippen molar-refractivity contribution in [2.24, 2.45) is 0 Å². The van der Waals surface area contributed by atoms with Gasteiger partial charge < -0.3 is 20.3 Å². The lowest BCUT2D eigenvalue weighted by Crippen LogP contribution is -2.58. The highest BCUT2D eigenvalue weighted by Crippen LogP contribution is 2.30. The van der Waals surface area contributed by atoms with Crippen LogP contribution in [0.25, 0.3) is 0 Å². The molecule has 2 atom stereocenters. The molecule has 0 bridgehead atoms. The normalized spacial score (nSPS) is 17.3. The van der Waals surface area contributed by atoms with Crippen molar-refractivity contribution in [1.82, 2.24) is 20.5 Å². The van der Waals surface area contributed by atoms with E-state index in [9.17, 15) is 27.2 Å². The van der Waals surface area contributed by atoms with Gasteiger partial charge in [-0.3, -0.25) is 4.79 Å². The minimum atomic E-state index is -3.09. The highest BCUT2D eigenvalue weighted by Gasteiger charge is 2.32. The Kier molecular flexibility index (Phi) is 6.84. The summed E-state index contributed by atoms with van der Waals surface area (Å²) in [6, 6.07) is 1.74. The van der Waals surface area contributed by atoms with Crippen LogP contribution in [0.2, 0.25) is 5.02 Å². The molecule has 0 aliphatic carbocycles. The number of rotatable bonds is 5. The number of carbonyl (C=O) groups is 2. The number of nitrogens with one attached hydrogen (secondary N) is 2. The third-order valence-corrected chi connectivity index (χ3v) is 5.05. The third kappa shape index (κ3) is 4.98. The number of urea groups is 1. The number of pyridine rings is 1. The summed E-state index contributed by atoms with van der Waals surface area (Å²) in [6.45, 7) is -1.12. The lowest BCUT2D eigenvalue weighted by molar-refractivity contribution is -0.126. The van der Waals surface area contributed by atoms with Crippen LogP contribution in [-0.4, -0.2) is 47.6 Å². The summed E-state index contributed by atoms with van der Waals surface area (Å²) in [5.74, 6) is -2.84. The van der Waals surface area contributed by atoms with Gasteiger partial charge in [0.15, 0.2) is 0 Å². The molecule has 7 nitrogen and oxygen atoms in total. The average molecular weight is 461 g/mol. The smallest absolute Gasteiger partial charge is 0.388 e. The Bertz CT molecular complexity index is 977. The van der Waals surface area contributed by atoms with Crippen LogP contribution in [0.4, 0.5) is 22.4 Å². The van der Waals surface area contributed by atoms with Crippen molar-refractivity contribution in [2.45, 2.75) is 25.6 Å². The number of benzene rings is 1. The van der Waals surface area contributed by atoms with Crippen molar-refractivity contribution < 1.29 is 31.9 Å².